The minimum absolute atomic E-state index is 0.167. The second-order valence-corrected chi connectivity index (χ2v) is 4.96. The number of nitrogens with zero attached hydrogens (tertiary/aromatic N) is 1. The molecule has 2 unspecified atom stereocenters. The Morgan fingerprint density at radius 1 is 1.53 bits per heavy atom. The maximum Gasteiger partial charge on any atom is 0.341 e. The van der Waals surface area contributed by atoms with Gasteiger partial charge in [0.1, 0.15) is 0 Å². The third-order valence-electron chi connectivity index (χ3n) is 2.17. The van der Waals surface area contributed by atoms with Crippen LogP contribution in [-0.4, -0.2) is 21.8 Å². The van der Waals surface area contributed by atoms with Crippen molar-refractivity contribution < 1.29 is 9.90 Å². The normalized spacial score (nSPS) is 30.3. The standard InChI is InChI=1S/C10H9ClNO2S/c11-10(9(13)14)6-15-8(12-10)7-4-2-1-3-5-7/h1-5,8H,6H2,(H,13,14). The lowest BCUT2D eigenvalue weighted by atomic mass is 10.2. The molecule has 0 aromatic heterocycles. The van der Waals surface area contributed by atoms with Gasteiger partial charge < -0.3 is 5.11 Å². The van der Waals surface area contributed by atoms with E-state index in [1.807, 2.05) is 30.3 Å². The van der Waals surface area contributed by atoms with Crippen LogP contribution in [0.15, 0.2) is 30.3 Å². The van der Waals surface area contributed by atoms with Gasteiger partial charge in [0, 0.05) is 5.75 Å². The van der Waals surface area contributed by atoms with Gasteiger partial charge in [-0.05, 0) is 5.56 Å². The highest BCUT2D eigenvalue weighted by Gasteiger charge is 2.46. The van der Waals surface area contributed by atoms with Gasteiger partial charge in [0.2, 0.25) is 5.00 Å². The number of aliphatic carboxylic acids is 1. The highest BCUT2D eigenvalue weighted by Crippen LogP contribution is 2.41. The number of carboxylic acids is 1. The molecule has 1 radical (unpaired) electrons. The van der Waals surface area contributed by atoms with Gasteiger partial charge in [0.25, 0.3) is 0 Å². The van der Waals surface area contributed by atoms with E-state index >= 15 is 0 Å². The van der Waals surface area contributed by atoms with Crippen molar-refractivity contribution in [2.75, 3.05) is 5.75 Å². The molecule has 1 aliphatic heterocycles. The van der Waals surface area contributed by atoms with Crippen molar-refractivity contribution >= 4 is 29.3 Å². The lowest BCUT2D eigenvalue weighted by Crippen LogP contribution is -2.40. The molecule has 1 aliphatic rings. The van der Waals surface area contributed by atoms with Crippen LogP contribution in [0.4, 0.5) is 0 Å². The summed E-state index contributed by atoms with van der Waals surface area (Å²) in [5.41, 5.74) is 0.992. The Hall–Kier alpha value is -0.710. The maximum absolute atomic E-state index is 10.9. The molecule has 0 spiro atoms. The van der Waals surface area contributed by atoms with E-state index in [1.54, 1.807) is 0 Å². The van der Waals surface area contributed by atoms with Crippen molar-refractivity contribution in [1.82, 2.24) is 5.32 Å². The Morgan fingerprint density at radius 3 is 2.73 bits per heavy atom. The van der Waals surface area contributed by atoms with Crippen LogP contribution in [0.25, 0.3) is 0 Å². The number of halogens is 1. The topological polar surface area (TPSA) is 51.4 Å². The number of carbonyl (C=O) groups is 1. The molecule has 1 fully saturated rings. The monoisotopic (exact) mass is 242 g/mol. The van der Waals surface area contributed by atoms with Gasteiger partial charge in [-0.15, -0.1) is 11.8 Å². The molecule has 1 heterocycles. The van der Waals surface area contributed by atoms with Gasteiger partial charge in [0.15, 0.2) is 0 Å². The zero-order chi connectivity index (χ0) is 10.9. The van der Waals surface area contributed by atoms with Crippen molar-refractivity contribution in [1.29, 1.82) is 0 Å². The third-order valence-corrected chi connectivity index (χ3v) is 4.00. The number of thioether (sulfide) groups is 1. The Labute approximate surface area is 96.8 Å². The molecule has 79 valence electrons. The van der Waals surface area contributed by atoms with E-state index in [4.69, 9.17) is 16.7 Å². The second kappa shape index (κ2) is 4.04. The number of benzene rings is 1. The van der Waals surface area contributed by atoms with Crippen molar-refractivity contribution in [3.63, 3.8) is 0 Å². The van der Waals surface area contributed by atoms with Crippen LogP contribution in [-0.2, 0) is 4.79 Å². The molecule has 2 rings (SSSR count). The van der Waals surface area contributed by atoms with Gasteiger partial charge in [-0.3, -0.25) is 0 Å². The first-order valence-corrected chi connectivity index (χ1v) is 5.85. The predicted molar refractivity (Wildman–Crippen MR) is 60.0 cm³/mol. The van der Waals surface area contributed by atoms with E-state index in [1.165, 1.54) is 11.8 Å². The SMILES string of the molecule is O=C(O)C1(Cl)CSC(c2ccccc2)[N]1. The lowest BCUT2D eigenvalue weighted by molar-refractivity contribution is -0.140. The molecule has 5 heteroatoms. The predicted octanol–water partition coefficient (Wildman–Crippen LogP) is 2.06. The van der Waals surface area contributed by atoms with Crippen LogP contribution < -0.4 is 5.32 Å². The molecular weight excluding hydrogens is 234 g/mol. The van der Waals surface area contributed by atoms with Crippen LogP contribution in [0, 0.1) is 0 Å². The Balaban J connectivity index is 2.14. The molecular formula is C10H9ClNO2S. The van der Waals surface area contributed by atoms with Crippen LogP contribution in [0.2, 0.25) is 0 Å². The van der Waals surface area contributed by atoms with E-state index < -0.39 is 11.0 Å². The smallest absolute Gasteiger partial charge is 0.341 e. The molecule has 0 aliphatic carbocycles. The Bertz CT molecular complexity index is 373. The highest BCUT2D eigenvalue weighted by atomic mass is 35.5. The molecule has 2 atom stereocenters. The summed E-state index contributed by atoms with van der Waals surface area (Å²) < 4.78 is 0. The Morgan fingerprint density at radius 2 is 2.20 bits per heavy atom. The van der Waals surface area contributed by atoms with Gasteiger partial charge in [-0.2, -0.15) is 5.32 Å². The number of rotatable bonds is 2. The first-order chi connectivity index (χ1) is 7.12. The largest absolute Gasteiger partial charge is 0.479 e. The number of alkyl halides is 1. The van der Waals surface area contributed by atoms with Crippen LogP contribution in [0.3, 0.4) is 0 Å². The van der Waals surface area contributed by atoms with Gasteiger partial charge in [0.05, 0.1) is 5.37 Å². The molecule has 1 aromatic rings. The van der Waals surface area contributed by atoms with E-state index in [2.05, 4.69) is 5.32 Å². The summed E-state index contributed by atoms with van der Waals surface area (Å²) in [5, 5.41) is 12.8. The zero-order valence-electron chi connectivity index (χ0n) is 7.76. The van der Waals surface area contributed by atoms with Gasteiger partial charge in [-0.25, -0.2) is 4.79 Å². The number of hydrogen-bond acceptors (Lipinski definition) is 2. The first kappa shape index (κ1) is 10.8. The molecule has 3 nitrogen and oxygen atoms in total. The number of carboxylic acid groups (broad SMARTS) is 1. The van der Waals surface area contributed by atoms with E-state index in [-0.39, 0.29) is 5.37 Å². The fraction of sp³-hybridized carbons (Fsp3) is 0.300. The molecule has 0 saturated carbocycles. The van der Waals surface area contributed by atoms with Crippen molar-refractivity contribution in [2.24, 2.45) is 0 Å². The van der Waals surface area contributed by atoms with Crippen LogP contribution in [0.1, 0.15) is 10.9 Å². The van der Waals surface area contributed by atoms with E-state index in [9.17, 15) is 4.79 Å². The van der Waals surface area contributed by atoms with E-state index in [0.717, 1.165) is 5.56 Å². The average Bonchev–Trinajstić information content (AvgIpc) is 2.64. The summed E-state index contributed by atoms with van der Waals surface area (Å²) in [6.45, 7) is 0. The van der Waals surface area contributed by atoms with Crippen molar-refractivity contribution in [3.05, 3.63) is 35.9 Å². The fourth-order valence-corrected chi connectivity index (χ4v) is 2.88. The number of hydrogen-bond donors (Lipinski definition) is 1. The summed E-state index contributed by atoms with van der Waals surface area (Å²) >= 11 is 7.31. The maximum atomic E-state index is 10.9. The highest BCUT2D eigenvalue weighted by molar-refractivity contribution is 7.99. The minimum atomic E-state index is -1.45. The molecule has 1 N–H and O–H groups in total. The summed E-state index contributed by atoms with van der Waals surface area (Å²) in [7, 11) is 0. The third kappa shape index (κ3) is 2.12. The van der Waals surface area contributed by atoms with Crippen molar-refractivity contribution in [3.8, 4) is 0 Å². The molecule has 1 saturated heterocycles. The summed E-state index contributed by atoms with van der Waals surface area (Å²) in [4.78, 5) is 9.41. The molecule has 0 amide bonds. The van der Waals surface area contributed by atoms with Gasteiger partial charge in [-0.1, -0.05) is 41.9 Å². The molecule has 15 heavy (non-hydrogen) atoms. The van der Waals surface area contributed by atoms with Crippen LogP contribution >= 0.6 is 23.4 Å². The van der Waals surface area contributed by atoms with Crippen LogP contribution in [0.5, 0.6) is 0 Å². The van der Waals surface area contributed by atoms with Crippen molar-refractivity contribution in [2.45, 2.75) is 10.4 Å². The Kier molecular flexibility index (Phi) is 2.91. The molecule has 1 aromatic carbocycles. The fourth-order valence-electron chi connectivity index (χ4n) is 1.36. The second-order valence-electron chi connectivity index (χ2n) is 3.27. The summed E-state index contributed by atoms with van der Waals surface area (Å²) in [6, 6.07) is 9.56. The zero-order valence-corrected chi connectivity index (χ0v) is 9.33. The minimum Gasteiger partial charge on any atom is -0.479 e. The van der Waals surface area contributed by atoms with E-state index in [0.29, 0.717) is 5.75 Å². The quantitative estimate of drug-likeness (QED) is 0.638. The summed E-state index contributed by atoms with van der Waals surface area (Å²) in [5.74, 6) is -0.765. The average molecular weight is 243 g/mol. The molecule has 0 bridgehead atoms. The lowest BCUT2D eigenvalue weighted by Gasteiger charge is -2.14. The van der Waals surface area contributed by atoms with Gasteiger partial charge >= 0.3 is 5.97 Å². The summed E-state index contributed by atoms with van der Waals surface area (Å²) in [6.07, 6.45) is 0. The first-order valence-electron chi connectivity index (χ1n) is 4.43.